The molecule has 2 aliphatic heterocycles. The lowest BCUT2D eigenvalue weighted by atomic mass is 9.94. The van der Waals surface area contributed by atoms with E-state index in [0.29, 0.717) is 0 Å². The topological polar surface area (TPSA) is 293 Å². The zero-order chi connectivity index (χ0) is 65.7. The Kier molecular flexibility index (Phi) is 21.3. The van der Waals surface area contributed by atoms with Crippen LogP contribution in [0.2, 0.25) is 0 Å². The van der Waals surface area contributed by atoms with E-state index in [1.54, 1.807) is 104 Å². The largest absolute Gasteiger partial charge is 0.478 e. The fraction of sp³-hybridized carbons (Fsp3) is 0.375. The van der Waals surface area contributed by atoms with Gasteiger partial charge in [-0.1, -0.05) is 97.1 Å². The van der Waals surface area contributed by atoms with E-state index in [4.69, 9.17) is 42.6 Å². The molecule has 4 amide bonds. The standard InChI is InChI=1S/2C32H36N4O9/c1-31(2,3)45-29(39)35-17-18-36(30(40)43-19-21-13-9-7-10-14-21)32(4,20-35)28-33-23(27(38)42-6)24(25(34-28)41-5)44-26(37)22-15-11-8-12-16-22;1-31(2,3)45-29(40)35-17-18-36(30(41)43-19-21-13-9-7-10-14-21)32(4,20-35)28-33-23(27(39)42-6)24(25(37)34(28)5)44-26(38)22-15-11-8-12-16-22/h2*7-16H,17-20H2,1-6H3. The summed E-state index contributed by atoms with van der Waals surface area (Å²) in [5, 5.41) is 0. The van der Waals surface area contributed by atoms with Gasteiger partial charge in [-0.05, 0) is 90.8 Å². The summed E-state index contributed by atoms with van der Waals surface area (Å²) in [5.41, 5.74) is -4.59. The molecule has 4 aromatic carbocycles. The summed E-state index contributed by atoms with van der Waals surface area (Å²) in [6.07, 6.45) is -2.69. The molecule has 26 nitrogen and oxygen atoms in total. The molecule has 0 bridgehead atoms. The van der Waals surface area contributed by atoms with Gasteiger partial charge in [0.25, 0.3) is 11.4 Å². The van der Waals surface area contributed by atoms with Crippen molar-refractivity contribution in [2.45, 2.75) is 90.9 Å². The minimum absolute atomic E-state index is 0.00595. The van der Waals surface area contributed by atoms with Gasteiger partial charge in [0.05, 0.1) is 45.5 Å². The van der Waals surface area contributed by atoms with Crippen LogP contribution in [0.4, 0.5) is 19.2 Å². The molecule has 26 heteroatoms. The van der Waals surface area contributed by atoms with E-state index in [-0.39, 0.29) is 86.9 Å². The number of nitrogens with zero attached hydrogens (tertiary/aromatic N) is 8. The fourth-order valence-electron chi connectivity index (χ4n) is 9.51. The van der Waals surface area contributed by atoms with Crippen LogP contribution in [0.25, 0.3) is 0 Å². The van der Waals surface area contributed by atoms with Gasteiger partial charge in [0.1, 0.15) is 41.3 Å². The Bertz CT molecular complexity index is 3650. The van der Waals surface area contributed by atoms with Gasteiger partial charge in [0, 0.05) is 33.2 Å². The first-order valence-electron chi connectivity index (χ1n) is 28.3. The highest BCUT2D eigenvalue weighted by Crippen LogP contribution is 2.38. The van der Waals surface area contributed by atoms with Gasteiger partial charge in [0.2, 0.25) is 11.5 Å². The normalized spacial score (nSPS) is 16.4. The lowest BCUT2D eigenvalue weighted by Gasteiger charge is -2.47. The number of aromatic nitrogens is 4. The zero-order valence-corrected chi connectivity index (χ0v) is 52.1. The summed E-state index contributed by atoms with van der Waals surface area (Å²) in [5.74, 6) is -5.15. The van der Waals surface area contributed by atoms with E-state index >= 15 is 0 Å². The molecular formula is C64H72N8O18. The average molecular weight is 1240 g/mol. The summed E-state index contributed by atoms with van der Waals surface area (Å²) < 4.78 is 49.7. The van der Waals surface area contributed by atoms with Crippen LogP contribution in [0.1, 0.15) is 120 Å². The van der Waals surface area contributed by atoms with E-state index in [1.165, 1.54) is 58.0 Å². The molecule has 0 aliphatic carbocycles. The number of hydrogen-bond donors (Lipinski definition) is 0. The Labute approximate surface area is 519 Å². The SMILES string of the molecule is COC(=O)c1nc(C2(C)CN(C(=O)OC(C)(C)C)CCN2C(=O)OCc2ccccc2)n(C)c(=O)c1OC(=O)c1ccccc1.COC(=O)c1nc(C2(C)CN(C(=O)OC(C)(C)C)CCN2C(=O)OCc2ccccc2)nc(OC)c1OC(=O)c1ccccc1. The van der Waals surface area contributed by atoms with Crippen LogP contribution in [-0.4, -0.2) is 159 Å². The van der Waals surface area contributed by atoms with Crippen molar-refractivity contribution in [1.29, 1.82) is 0 Å². The second kappa shape index (κ2) is 28.6. The second-order valence-electron chi connectivity index (χ2n) is 22.9. The molecule has 2 fully saturated rings. The highest BCUT2D eigenvalue weighted by atomic mass is 16.6. The van der Waals surface area contributed by atoms with Crippen molar-refractivity contribution in [3.8, 4) is 17.4 Å². The van der Waals surface area contributed by atoms with Gasteiger partial charge in [0.15, 0.2) is 17.2 Å². The van der Waals surface area contributed by atoms with Crippen molar-refractivity contribution in [3.63, 3.8) is 0 Å². The molecule has 0 N–H and O–H groups in total. The van der Waals surface area contributed by atoms with Crippen LogP contribution in [-0.2, 0) is 59.8 Å². The van der Waals surface area contributed by atoms with Gasteiger partial charge in [-0.2, -0.15) is 4.98 Å². The summed E-state index contributed by atoms with van der Waals surface area (Å²) in [7, 11) is 4.86. The van der Waals surface area contributed by atoms with Crippen LogP contribution in [0.5, 0.6) is 17.4 Å². The number of rotatable bonds is 13. The first kappa shape index (κ1) is 67.1. The maximum Gasteiger partial charge on any atom is 0.411 e. The number of esters is 4. The molecule has 2 unspecified atom stereocenters. The van der Waals surface area contributed by atoms with Crippen molar-refractivity contribution < 1.29 is 81.0 Å². The quantitative estimate of drug-likeness (QED) is 0.0773. The first-order chi connectivity index (χ1) is 42.6. The van der Waals surface area contributed by atoms with Gasteiger partial charge >= 0.3 is 48.3 Å². The van der Waals surface area contributed by atoms with Crippen molar-refractivity contribution in [3.05, 3.63) is 177 Å². The monoisotopic (exact) mass is 1240 g/mol. The van der Waals surface area contributed by atoms with Gasteiger partial charge in [-0.15, -0.1) is 0 Å². The van der Waals surface area contributed by atoms with Crippen molar-refractivity contribution >= 4 is 48.3 Å². The molecular weight excluding hydrogens is 1170 g/mol. The Morgan fingerprint density at radius 3 is 1.29 bits per heavy atom. The molecule has 2 atom stereocenters. The molecule has 2 aliphatic rings. The summed E-state index contributed by atoms with van der Waals surface area (Å²) in [6.45, 7) is 13.5. The number of carbonyl (C=O) groups excluding carboxylic acids is 8. The van der Waals surface area contributed by atoms with Crippen LogP contribution in [0, 0.1) is 0 Å². The Morgan fingerprint density at radius 2 is 0.878 bits per heavy atom. The van der Waals surface area contributed by atoms with Crippen molar-refractivity contribution in [2.75, 3.05) is 60.6 Å². The third kappa shape index (κ3) is 16.2. The number of carbonyl (C=O) groups is 8. The van der Waals surface area contributed by atoms with Gasteiger partial charge in [-0.3, -0.25) is 19.2 Å². The van der Waals surface area contributed by atoms with Crippen molar-refractivity contribution in [1.82, 2.24) is 39.1 Å². The molecule has 0 radical (unpaired) electrons. The third-order valence-electron chi connectivity index (χ3n) is 13.9. The highest BCUT2D eigenvalue weighted by Gasteiger charge is 2.50. The fourth-order valence-corrected chi connectivity index (χ4v) is 9.51. The smallest absolute Gasteiger partial charge is 0.411 e. The summed E-state index contributed by atoms with van der Waals surface area (Å²) >= 11 is 0. The summed E-state index contributed by atoms with van der Waals surface area (Å²) in [6, 6.07) is 34.2. The Morgan fingerprint density at radius 1 is 0.489 bits per heavy atom. The molecule has 0 spiro atoms. The van der Waals surface area contributed by atoms with Crippen LogP contribution < -0.4 is 19.8 Å². The van der Waals surface area contributed by atoms with Crippen LogP contribution in [0.3, 0.4) is 0 Å². The highest BCUT2D eigenvalue weighted by molar-refractivity contribution is 5.96. The molecule has 6 aromatic rings. The van der Waals surface area contributed by atoms with E-state index in [9.17, 15) is 43.2 Å². The number of hydrogen-bond acceptors (Lipinski definition) is 21. The number of benzene rings is 4. The molecule has 0 saturated carbocycles. The molecule has 4 heterocycles. The van der Waals surface area contributed by atoms with E-state index in [0.717, 1.165) is 29.9 Å². The van der Waals surface area contributed by atoms with Crippen molar-refractivity contribution in [2.24, 2.45) is 7.05 Å². The molecule has 90 heavy (non-hydrogen) atoms. The lowest BCUT2D eigenvalue weighted by molar-refractivity contribution is -0.0271. The van der Waals surface area contributed by atoms with Gasteiger partial charge < -0.3 is 52.4 Å². The van der Waals surface area contributed by atoms with E-state index in [2.05, 4.69) is 15.0 Å². The lowest BCUT2D eigenvalue weighted by Crippen LogP contribution is -2.63. The third-order valence-corrected chi connectivity index (χ3v) is 13.9. The number of piperazine rings is 2. The Balaban J connectivity index is 0.000000256. The maximum atomic E-state index is 13.8. The number of ether oxygens (including phenoxy) is 9. The van der Waals surface area contributed by atoms with E-state index < -0.39 is 93.2 Å². The molecule has 476 valence electrons. The van der Waals surface area contributed by atoms with Crippen LogP contribution >= 0.6 is 0 Å². The molecule has 8 rings (SSSR count). The minimum Gasteiger partial charge on any atom is -0.478 e. The average Bonchev–Trinajstić information content (AvgIpc) is 0.763. The predicted molar refractivity (Wildman–Crippen MR) is 321 cm³/mol. The van der Waals surface area contributed by atoms with Gasteiger partial charge in [-0.25, -0.2) is 48.3 Å². The zero-order valence-electron chi connectivity index (χ0n) is 52.1. The first-order valence-corrected chi connectivity index (χ1v) is 28.3. The molecule has 2 saturated heterocycles. The Hall–Kier alpha value is -10.4. The number of methoxy groups -OCH3 is 3. The summed E-state index contributed by atoms with van der Waals surface area (Å²) in [4.78, 5) is 138. The minimum atomic E-state index is -1.53. The van der Waals surface area contributed by atoms with Crippen LogP contribution in [0.15, 0.2) is 126 Å². The van der Waals surface area contributed by atoms with E-state index in [1.807, 2.05) is 48.5 Å². The second-order valence-corrected chi connectivity index (χ2v) is 22.9. The maximum absolute atomic E-state index is 13.8. The predicted octanol–water partition coefficient (Wildman–Crippen LogP) is 8.49. The molecule has 2 aromatic heterocycles. The number of amides is 4.